The van der Waals surface area contributed by atoms with Crippen molar-refractivity contribution in [3.05, 3.63) is 22.7 Å². The van der Waals surface area contributed by atoms with Crippen LogP contribution in [0.1, 0.15) is 10.5 Å². The molecular weight excluding hydrogens is 222 g/mol. The lowest BCUT2D eigenvalue weighted by Crippen LogP contribution is -2.23. The fourth-order valence-electron chi connectivity index (χ4n) is 0.682. The number of carbonyl (C=O) groups excluding carboxylic acids is 1. The Kier molecular flexibility index (Phi) is 2.75. The molecule has 0 aliphatic carbocycles. The van der Waals surface area contributed by atoms with Crippen LogP contribution in [-0.2, 0) is 0 Å². The zero-order valence-electron chi connectivity index (χ0n) is 6.78. The number of hydrogen-bond acceptors (Lipinski definition) is 3. The quantitative estimate of drug-likeness (QED) is 0.721. The molecule has 1 rings (SSSR count). The monoisotopic (exact) mass is 229 g/mol. The number of aromatic nitrogens is 2. The molecule has 0 N–H and O–H groups in total. The standard InChI is InChI=1S/C7H8BrN3O/c1-11(2)7(12)6-5(8)3-9-4-10-6/h3-4H,1-2H3. The van der Waals surface area contributed by atoms with Gasteiger partial charge in [0.15, 0.2) is 0 Å². The number of amides is 1. The molecule has 0 fully saturated rings. The Morgan fingerprint density at radius 1 is 1.58 bits per heavy atom. The van der Waals surface area contributed by atoms with Crippen molar-refractivity contribution in [1.29, 1.82) is 0 Å². The van der Waals surface area contributed by atoms with E-state index in [-0.39, 0.29) is 5.91 Å². The van der Waals surface area contributed by atoms with Gasteiger partial charge in [0, 0.05) is 20.3 Å². The highest BCUT2D eigenvalue weighted by Gasteiger charge is 2.12. The summed E-state index contributed by atoms with van der Waals surface area (Å²) in [4.78, 5) is 20.4. The van der Waals surface area contributed by atoms with Gasteiger partial charge < -0.3 is 4.90 Å². The molecule has 12 heavy (non-hydrogen) atoms. The molecule has 0 aliphatic heterocycles. The molecule has 0 bridgehead atoms. The van der Waals surface area contributed by atoms with E-state index in [1.165, 1.54) is 11.2 Å². The van der Waals surface area contributed by atoms with Crippen LogP contribution in [0.4, 0.5) is 0 Å². The van der Waals surface area contributed by atoms with E-state index in [0.717, 1.165) is 0 Å². The largest absolute Gasteiger partial charge is 0.343 e. The van der Waals surface area contributed by atoms with Crippen LogP contribution >= 0.6 is 15.9 Å². The molecule has 0 aromatic carbocycles. The van der Waals surface area contributed by atoms with Gasteiger partial charge in [0.1, 0.15) is 12.0 Å². The van der Waals surface area contributed by atoms with Crippen molar-refractivity contribution < 1.29 is 4.79 Å². The summed E-state index contributed by atoms with van der Waals surface area (Å²) in [7, 11) is 3.35. The molecule has 64 valence electrons. The summed E-state index contributed by atoms with van der Waals surface area (Å²) in [5.41, 5.74) is 0.384. The molecule has 0 saturated carbocycles. The third-order valence-corrected chi connectivity index (χ3v) is 1.86. The van der Waals surface area contributed by atoms with Crippen molar-refractivity contribution >= 4 is 21.8 Å². The maximum atomic E-state index is 11.4. The first-order chi connectivity index (χ1) is 5.63. The zero-order valence-corrected chi connectivity index (χ0v) is 8.37. The Balaban J connectivity index is 3.03. The summed E-state index contributed by atoms with van der Waals surface area (Å²) in [5.74, 6) is -0.135. The van der Waals surface area contributed by atoms with E-state index in [1.807, 2.05) is 0 Å². The van der Waals surface area contributed by atoms with Gasteiger partial charge >= 0.3 is 0 Å². The smallest absolute Gasteiger partial charge is 0.273 e. The molecule has 0 unspecified atom stereocenters. The molecule has 1 amide bonds. The third-order valence-electron chi connectivity index (χ3n) is 1.28. The second-order valence-electron chi connectivity index (χ2n) is 2.42. The average molecular weight is 230 g/mol. The Morgan fingerprint density at radius 3 is 2.75 bits per heavy atom. The summed E-state index contributed by atoms with van der Waals surface area (Å²) < 4.78 is 0.615. The molecule has 4 nitrogen and oxygen atoms in total. The van der Waals surface area contributed by atoms with Crippen molar-refractivity contribution in [2.45, 2.75) is 0 Å². The molecular formula is C7H8BrN3O. The van der Waals surface area contributed by atoms with Crippen molar-refractivity contribution in [2.75, 3.05) is 14.1 Å². The molecule has 1 aromatic rings. The number of rotatable bonds is 1. The van der Waals surface area contributed by atoms with E-state index in [4.69, 9.17) is 0 Å². The molecule has 1 heterocycles. The van der Waals surface area contributed by atoms with Gasteiger partial charge in [-0.3, -0.25) is 4.79 Å². The highest BCUT2D eigenvalue weighted by atomic mass is 79.9. The molecule has 0 radical (unpaired) electrons. The van der Waals surface area contributed by atoms with Gasteiger partial charge in [-0.25, -0.2) is 9.97 Å². The Labute approximate surface area is 78.8 Å². The zero-order chi connectivity index (χ0) is 9.14. The molecule has 0 atom stereocenters. The Hall–Kier alpha value is -0.970. The topological polar surface area (TPSA) is 46.1 Å². The predicted molar refractivity (Wildman–Crippen MR) is 47.7 cm³/mol. The van der Waals surface area contributed by atoms with Crippen LogP contribution in [0, 0.1) is 0 Å². The summed E-state index contributed by atoms with van der Waals surface area (Å²) >= 11 is 3.19. The minimum Gasteiger partial charge on any atom is -0.343 e. The van der Waals surface area contributed by atoms with E-state index in [0.29, 0.717) is 10.2 Å². The highest BCUT2D eigenvalue weighted by molar-refractivity contribution is 9.10. The normalized spacial score (nSPS) is 9.58. The predicted octanol–water partition coefficient (Wildman–Crippen LogP) is 0.941. The summed E-state index contributed by atoms with van der Waals surface area (Å²) in [5, 5.41) is 0. The van der Waals surface area contributed by atoms with Crippen molar-refractivity contribution in [2.24, 2.45) is 0 Å². The second-order valence-corrected chi connectivity index (χ2v) is 3.27. The van der Waals surface area contributed by atoms with Gasteiger partial charge in [0.05, 0.1) is 4.47 Å². The van der Waals surface area contributed by atoms with Crippen LogP contribution in [0.2, 0.25) is 0 Å². The van der Waals surface area contributed by atoms with Gasteiger partial charge in [0.2, 0.25) is 0 Å². The lowest BCUT2D eigenvalue weighted by Gasteiger charge is -2.09. The maximum Gasteiger partial charge on any atom is 0.273 e. The first-order valence-electron chi connectivity index (χ1n) is 3.30. The van der Waals surface area contributed by atoms with Crippen molar-refractivity contribution in [3.8, 4) is 0 Å². The molecule has 5 heteroatoms. The minimum atomic E-state index is -0.135. The van der Waals surface area contributed by atoms with E-state index in [2.05, 4.69) is 25.9 Å². The lowest BCUT2D eigenvalue weighted by molar-refractivity contribution is 0.0821. The number of hydrogen-bond donors (Lipinski definition) is 0. The Bertz CT molecular complexity index is 300. The third kappa shape index (κ3) is 1.79. The molecule has 1 aromatic heterocycles. The van der Waals surface area contributed by atoms with Gasteiger partial charge in [-0.2, -0.15) is 0 Å². The highest BCUT2D eigenvalue weighted by Crippen LogP contribution is 2.12. The fourth-order valence-corrected chi connectivity index (χ4v) is 1.07. The SMILES string of the molecule is CN(C)C(=O)c1ncncc1Br. The number of halogens is 1. The Morgan fingerprint density at radius 2 is 2.25 bits per heavy atom. The first-order valence-corrected chi connectivity index (χ1v) is 4.09. The maximum absolute atomic E-state index is 11.4. The van der Waals surface area contributed by atoms with Crippen molar-refractivity contribution in [1.82, 2.24) is 14.9 Å². The van der Waals surface area contributed by atoms with Crippen LogP contribution in [0.5, 0.6) is 0 Å². The average Bonchev–Trinajstić information content (AvgIpc) is 2.04. The van der Waals surface area contributed by atoms with Crippen LogP contribution in [0.3, 0.4) is 0 Å². The summed E-state index contributed by atoms with van der Waals surface area (Å²) in [6, 6.07) is 0. The minimum absolute atomic E-state index is 0.135. The van der Waals surface area contributed by atoms with Gasteiger partial charge in [-0.15, -0.1) is 0 Å². The molecule has 0 saturated heterocycles. The molecule has 0 aliphatic rings. The van der Waals surface area contributed by atoms with Gasteiger partial charge in [-0.1, -0.05) is 0 Å². The summed E-state index contributed by atoms with van der Waals surface area (Å²) in [6.07, 6.45) is 2.89. The second kappa shape index (κ2) is 3.62. The van der Waals surface area contributed by atoms with Crippen LogP contribution in [0.15, 0.2) is 17.0 Å². The van der Waals surface area contributed by atoms with Crippen LogP contribution in [0.25, 0.3) is 0 Å². The van der Waals surface area contributed by atoms with Crippen molar-refractivity contribution in [3.63, 3.8) is 0 Å². The van der Waals surface area contributed by atoms with Gasteiger partial charge in [0.25, 0.3) is 5.91 Å². The van der Waals surface area contributed by atoms with E-state index in [1.54, 1.807) is 20.3 Å². The van der Waals surface area contributed by atoms with Crippen LogP contribution in [-0.4, -0.2) is 34.9 Å². The van der Waals surface area contributed by atoms with Gasteiger partial charge in [-0.05, 0) is 15.9 Å². The van der Waals surface area contributed by atoms with E-state index in [9.17, 15) is 4.79 Å². The van der Waals surface area contributed by atoms with E-state index < -0.39 is 0 Å². The first kappa shape index (κ1) is 9.12. The van der Waals surface area contributed by atoms with Crippen LogP contribution < -0.4 is 0 Å². The number of nitrogens with zero attached hydrogens (tertiary/aromatic N) is 3. The lowest BCUT2D eigenvalue weighted by atomic mass is 10.4. The summed E-state index contributed by atoms with van der Waals surface area (Å²) in [6.45, 7) is 0. The molecule has 0 spiro atoms. The number of carbonyl (C=O) groups is 1. The fraction of sp³-hybridized carbons (Fsp3) is 0.286. The van der Waals surface area contributed by atoms with E-state index >= 15 is 0 Å².